The largest absolute Gasteiger partial charge is 0.405 e. The van der Waals surface area contributed by atoms with Crippen molar-refractivity contribution in [2.45, 2.75) is 90.7 Å². The number of hydrogen-bond donors (Lipinski definition) is 1. The molecule has 0 heterocycles. The molecule has 0 spiro atoms. The number of hydrogen-bond acceptors (Lipinski definition) is 1. The zero-order valence-corrected chi connectivity index (χ0v) is 43.4. The molecule has 0 saturated carbocycles. The molecule has 3 aliphatic carbocycles. The Hall–Kier alpha value is -7.34. The number of allylic oxidation sites excluding steroid dienone is 9. The molecule has 361 valence electrons. The molecule has 1 radical (unpaired) electrons. The second-order valence-electron chi connectivity index (χ2n) is 20.9. The molecular formula is C71H69BN. The molecule has 4 atom stereocenters. The van der Waals surface area contributed by atoms with E-state index in [2.05, 4.69) is 235 Å². The lowest BCUT2D eigenvalue weighted by Gasteiger charge is -2.40. The highest BCUT2D eigenvalue weighted by Gasteiger charge is 2.50. The van der Waals surface area contributed by atoms with Gasteiger partial charge in [-0.3, -0.25) is 0 Å². The third-order valence-corrected chi connectivity index (χ3v) is 16.0. The second kappa shape index (κ2) is 22.2. The summed E-state index contributed by atoms with van der Waals surface area (Å²) in [4.78, 5) is 0. The maximum absolute atomic E-state index is 6.96. The molecule has 0 saturated heterocycles. The summed E-state index contributed by atoms with van der Waals surface area (Å²) in [5.74, 6) is 4.42. The molecule has 0 aliphatic heterocycles. The third-order valence-electron chi connectivity index (χ3n) is 16.0. The van der Waals surface area contributed by atoms with Crippen molar-refractivity contribution in [2.24, 2.45) is 23.5 Å². The van der Waals surface area contributed by atoms with E-state index in [1.54, 1.807) is 6.20 Å². The van der Waals surface area contributed by atoms with E-state index in [9.17, 15) is 0 Å². The van der Waals surface area contributed by atoms with E-state index in [-0.39, 0.29) is 11.8 Å². The summed E-state index contributed by atoms with van der Waals surface area (Å²) in [6.45, 7) is 9.04. The minimum atomic E-state index is -0.566. The topological polar surface area (TPSA) is 26.0 Å². The van der Waals surface area contributed by atoms with Gasteiger partial charge in [-0.25, -0.2) is 0 Å². The molecule has 0 bridgehead atoms. The summed E-state index contributed by atoms with van der Waals surface area (Å²) in [7, 11) is 2.51. The van der Waals surface area contributed by atoms with E-state index in [4.69, 9.17) is 12.2 Å². The van der Waals surface area contributed by atoms with Crippen LogP contribution < -0.4 is 5.73 Å². The van der Waals surface area contributed by atoms with E-state index in [0.29, 0.717) is 5.92 Å². The first-order chi connectivity index (χ1) is 35.8. The van der Waals surface area contributed by atoms with Gasteiger partial charge >= 0.3 is 0 Å². The maximum atomic E-state index is 6.96. The van der Waals surface area contributed by atoms with E-state index < -0.39 is 5.41 Å². The fourth-order valence-corrected chi connectivity index (χ4v) is 12.3. The van der Waals surface area contributed by atoms with Crippen molar-refractivity contribution in [3.05, 3.63) is 245 Å². The van der Waals surface area contributed by atoms with Crippen LogP contribution >= 0.6 is 0 Å². The van der Waals surface area contributed by atoms with Crippen LogP contribution in [0.5, 0.6) is 0 Å². The van der Waals surface area contributed by atoms with Crippen molar-refractivity contribution < 1.29 is 0 Å². The standard InChI is InChI=1S/C71H69BN/c1-6-9-21-51-31-37-64-63-28-15-16-29-68(63)71(8-3,70(64)44-51)69-43-52(30-32-58(69)41-49(4)20-18-40-73)38-39-72-48-59-24-13-14-27-62(59)67-46-60-42-50(5)61(19-7-2)66(60)47-65(67)55-35-33-54(34-36-55)57-26-17-25-56(45-57)53-22-11-10-12-23-53/h3,7,10-19,22-37,40,43-47,49,58,69H,6,9,20-21,38-39,41-42,48,73H2,1-2,4-5H3/b19-7-,40-18-. The SMILES string of the molecule is C#CC1(C2C=C(CC[B]Cc3ccccc3-c3cc4c(cc3-c3ccc(-c5cccc(-c6ccccc6)c5)cc3)C(/C=C\C)=C(C)C4)C=CC2CC(C)C/C=C\N)c2ccccc2-c2ccc(CCCC)cc21. The van der Waals surface area contributed by atoms with Crippen LogP contribution in [0.4, 0.5) is 0 Å². The van der Waals surface area contributed by atoms with Gasteiger partial charge in [0.1, 0.15) is 7.28 Å². The Morgan fingerprint density at radius 1 is 0.712 bits per heavy atom. The van der Waals surface area contributed by atoms with Crippen LogP contribution in [0.15, 0.2) is 212 Å². The Bertz CT molecular complexity index is 3320. The van der Waals surface area contributed by atoms with Crippen molar-refractivity contribution in [3.63, 3.8) is 0 Å². The second-order valence-corrected chi connectivity index (χ2v) is 20.9. The Morgan fingerprint density at radius 3 is 2.19 bits per heavy atom. The van der Waals surface area contributed by atoms with Crippen molar-refractivity contribution in [1.29, 1.82) is 0 Å². The minimum absolute atomic E-state index is 0.115. The molecule has 73 heavy (non-hydrogen) atoms. The van der Waals surface area contributed by atoms with Gasteiger partial charge in [-0.15, -0.1) is 6.42 Å². The number of fused-ring (bicyclic) bond motifs is 4. The summed E-state index contributed by atoms with van der Waals surface area (Å²) < 4.78 is 0. The normalized spacial score (nSPS) is 18.2. The fraction of sp³-hybridized carbons (Fsp3) is 0.239. The summed E-state index contributed by atoms with van der Waals surface area (Å²) in [6, 6.07) is 58.9. The van der Waals surface area contributed by atoms with E-state index >= 15 is 0 Å². The zero-order chi connectivity index (χ0) is 50.3. The Balaban J connectivity index is 0.939. The molecular weight excluding hydrogens is 878 g/mol. The number of rotatable bonds is 18. The maximum Gasteiger partial charge on any atom is 0.115 e. The molecule has 2 heteroatoms. The predicted octanol–water partition coefficient (Wildman–Crippen LogP) is 17.8. The Morgan fingerprint density at radius 2 is 1.42 bits per heavy atom. The van der Waals surface area contributed by atoms with Crippen LogP contribution in [-0.2, 0) is 24.6 Å². The lowest BCUT2D eigenvalue weighted by molar-refractivity contribution is 0.314. The molecule has 0 amide bonds. The summed E-state index contributed by atoms with van der Waals surface area (Å²) in [5, 5.41) is 0. The van der Waals surface area contributed by atoms with Gasteiger partial charge in [-0.1, -0.05) is 226 Å². The van der Waals surface area contributed by atoms with Crippen LogP contribution in [0.3, 0.4) is 0 Å². The average Bonchev–Trinajstić information content (AvgIpc) is 3.90. The van der Waals surface area contributed by atoms with E-state index in [1.165, 1.54) is 119 Å². The van der Waals surface area contributed by atoms with Crippen LogP contribution in [0.25, 0.3) is 61.2 Å². The first-order valence-electron chi connectivity index (χ1n) is 27.0. The molecule has 7 aromatic rings. The van der Waals surface area contributed by atoms with Gasteiger partial charge in [0.25, 0.3) is 0 Å². The molecule has 10 rings (SSSR count). The number of unbranched alkanes of at least 4 members (excludes halogenated alkanes) is 1. The fourth-order valence-electron chi connectivity index (χ4n) is 12.3. The number of terminal acetylenes is 1. The quantitative estimate of drug-likeness (QED) is 0.0518. The molecule has 1 nitrogen and oxygen atoms in total. The van der Waals surface area contributed by atoms with Gasteiger partial charge in [0.15, 0.2) is 0 Å². The van der Waals surface area contributed by atoms with Crippen LogP contribution in [0.1, 0.15) is 93.2 Å². The highest BCUT2D eigenvalue weighted by atomic mass is 14.5. The molecule has 0 fully saturated rings. The molecule has 0 aromatic heterocycles. The number of benzene rings is 7. The lowest BCUT2D eigenvalue weighted by atomic mass is 9.60. The summed E-state index contributed by atoms with van der Waals surface area (Å²) in [5.41, 5.74) is 30.1. The highest BCUT2D eigenvalue weighted by Crippen LogP contribution is 2.57. The van der Waals surface area contributed by atoms with E-state index in [1.807, 2.05) is 0 Å². The summed E-state index contributed by atoms with van der Waals surface area (Å²) >= 11 is 0. The van der Waals surface area contributed by atoms with Crippen molar-refractivity contribution in [3.8, 4) is 68.0 Å². The van der Waals surface area contributed by atoms with Gasteiger partial charge in [0.05, 0.1) is 5.41 Å². The first-order valence-corrected chi connectivity index (χ1v) is 27.0. The predicted molar refractivity (Wildman–Crippen MR) is 314 cm³/mol. The van der Waals surface area contributed by atoms with Crippen LogP contribution in [0, 0.1) is 30.1 Å². The zero-order valence-electron chi connectivity index (χ0n) is 43.4. The summed E-state index contributed by atoms with van der Waals surface area (Å²) in [6.07, 6.45) is 31.9. The van der Waals surface area contributed by atoms with Crippen LogP contribution in [0.2, 0.25) is 6.32 Å². The number of aryl methyl sites for hydroxylation is 1. The van der Waals surface area contributed by atoms with Gasteiger partial charge in [0, 0.05) is 5.92 Å². The third kappa shape index (κ3) is 9.96. The molecule has 2 N–H and O–H groups in total. The monoisotopic (exact) mass is 947 g/mol. The Labute approximate surface area is 437 Å². The van der Waals surface area contributed by atoms with Gasteiger partial charge in [0.2, 0.25) is 0 Å². The molecule has 4 unspecified atom stereocenters. The molecule has 3 aliphatic rings. The van der Waals surface area contributed by atoms with Crippen molar-refractivity contribution in [1.82, 2.24) is 0 Å². The molecule has 7 aromatic carbocycles. The number of nitrogens with two attached hydrogens (primary N) is 1. The van der Waals surface area contributed by atoms with Gasteiger partial charge in [-0.2, -0.15) is 0 Å². The first kappa shape index (κ1) is 49.3. The highest BCUT2D eigenvalue weighted by molar-refractivity contribution is 6.35. The lowest BCUT2D eigenvalue weighted by Crippen LogP contribution is -2.38. The Kier molecular flexibility index (Phi) is 15.0. The average molecular weight is 947 g/mol. The van der Waals surface area contributed by atoms with Gasteiger partial charge < -0.3 is 5.73 Å². The minimum Gasteiger partial charge on any atom is -0.405 e. The smallest absolute Gasteiger partial charge is 0.115 e. The van der Waals surface area contributed by atoms with Crippen LogP contribution in [-0.4, -0.2) is 7.28 Å². The van der Waals surface area contributed by atoms with Gasteiger partial charge in [-0.05, 0) is 183 Å². The van der Waals surface area contributed by atoms with E-state index in [0.717, 1.165) is 44.7 Å². The van der Waals surface area contributed by atoms with Crippen molar-refractivity contribution in [2.75, 3.05) is 0 Å². The van der Waals surface area contributed by atoms with Crippen molar-refractivity contribution >= 4 is 12.9 Å².